The van der Waals surface area contributed by atoms with E-state index in [0.29, 0.717) is 32.1 Å². The molecule has 0 spiro atoms. The molecule has 2 heterocycles. The first-order valence-electron chi connectivity index (χ1n) is 11.1. The third-order valence-corrected chi connectivity index (χ3v) is 5.39. The molecule has 1 fully saturated rings. The Morgan fingerprint density at radius 2 is 1.81 bits per heavy atom. The molecular weight excluding hydrogens is 474 g/mol. The number of hydrogen-bond donors (Lipinski definition) is 3. The fraction of sp³-hybridized carbons (Fsp3) is 0.240. The van der Waals surface area contributed by atoms with Gasteiger partial charge in [-0.05, 0) is 42.5 Å². The van der Waals surface area contributed by atoms with Crippen LogP contribution in [0.15, 0.2) is 59.2 Å². The molecule has 0 aliphatic carbocycles. The molecule has 1 aromatic heterocycles. The molecule has 0 unspecified atom stereocenters. The molecule has 0 atom stereocenters. The van der Waals surface area contributed by atoms with E-state index in [9.17, 15) is 13.6 Å². The van der Waals surface area contributed by atoms with E-state index < -0.39 is 34.9 Å². The van der Waals surface area contributed by atoms with Gasteiger partial charge in [0.25, 0.3) is 11.8 Å². The molecule has 188 valence electrons. The Labute approximate surface area is 205 Å². The normalized spacial score (nSPS) is 13.7. The van der Waals surface area contributed by atoms with Crippen molar-refractivity contribution in [3.63, 3.8) is 0 Å². The number of nitrogens with one attached hydrogen (secondary N) is 3. The van der Waals surface area contributed by atoms with Crippen molar-refractivity contribution in [2.45, 2.75) is 0 Å². The van der Waals surface area contributed by atoms with Crippen molar-refractivity contribution in [1.82, 2.24) is 4.90 Å². The van der Waals surface area contributed by atoms with E-state index in [1.807, 2.05) is 0 Å². The fourth-order valence-corrected chi connectivity index (χ4v) is 3.46. The number of anilines is 1. The Kier molecular flexibility index (Phi) is 8.03. The number of amides is 1. The lowest BCUT2D eigenvalue weighted by molar-refractivity contribution is 0.0322. The molecule has 4 rings (SSSR count). The summed E-state index contributed by atoms with van der Waals surface area (Å²) >= 11 is 0. The first-order chi connectivity index (χ1) is 17.4. The van der Waals surface area contributed by atoms with Crippen molar-refractivity contribution in [1.29, 1.82) is 10.8 Å². The number of rotatable bonds is 8. The zero-order valence-corrected chi connectivity index (χ0v) is 19.2. The van der Waals surface area contributed by atoms with Crippen LogP contribution < -0.4 is 10.1 Å². The maximum absolute atomic E-state index is 14.4. The second kappa shape index (κ2) is 11.6. The summed E-state index contributed by atoms with van der Waals surface area (Å²) in [4.78, 5) is 14.9. The summed E-state index contributed by atoms with van der Waals surface area (Å²) in [7, 11) is 0. The SMILES string of the molecule is N=C(OC(=N)c1ccco1)c1ccc(F)c(C(=O)Nc2cc(OCCN3CCOCC3)ccc2F)c1. The van der Waals surface area contributed by atoms with Gasteiger partial charge in [0, 0.05) is 31.3 Å². The average Bonchev–Trinajstić information content (AvgIpc) is 3.42. The van der Waals surface area contributed by atoms with Gasteiger partial charge < -0.3 is 23.9 Å². The summed E-state index contributed by atoms with van der Waals surface area (Å²) < 4.78 is 50.0. The van der Waals surface area contributed by atoms with Crippen LogP contribution in [0.2, 0.25) is 0 Å². The minimum absolute atomic E-state index is 0.0403. The van der Waals surface area contributed by atoms with E-state index in [1.165, 1.54) is 30.5 Å². The van der Waals surface area contributed by atoms with Crippen molar-refractivity contribution < 1.29 is 32.2 Å². The average molecular weight is 498 g/mol. The number of furan rings is 1. The summed E-state index contributed by atoms with van der Waals surface area (Å²) in [6.07, 6.45) is 1.35. The zero-order chi connectivity index (χ0) is 25.5. The zero-order valence-electron chi connectivity index (χ0n) is 19.2. The monoisotopic (exact) mass is 498 g/mol. The first-order valence-corrected chi connectivity index (χ1v) is 11.1. The maximum Gasteiger partial charge on any atom is 0.258 e. The van der Waals surface area contributed by atoms with Gasteiger partial charge in [-0.15, -0.1) is 0 Å². The van der Waals surface area contributed by atoms with Crippen molar-refractivity contribution in [2.75, 3.05) is 44.8 Å². The van der Waals surface area contributed by atoms with Gasteiger partial charge >= 0.3 is 0 Å². The lowest BCUT2D eigenvalue weighted by Gasteiger charge is -2.26. The molecule has 1 saturated heterocycles. The van der Waals surface area contributed by atoms with Crippen LogP contribution in [-0.2, 0) is 9.47 Å². The predicted octanol–water partition coefficient (Wildman–Crippen LogP) is 3.89. The van der Waals surface area contributed by atoms with Crippen LogP contribution in [0.4, 0.5) is 14.5 Å². The van der Waals surface area contributed by atoms with Crippen molar-refractivity contribution in [2.24, 2.45) is 0 Å². The smallest absolute Gasteiger partial charge is 0.258 e. The van der Waals surface area contributed by atoms with Gasteiger partial charge in [-0.2, -0.15) is 0 Å². The van der Waals surface area contributed by atoms with E-state index in [0.717, 1.165) is 31.3 Å². The first kappa shape index (κ1) is 25.0. The third-order valence-electron chi connectivity index (χ3n) is 5.39. The summed E-state index contributed by atoms with van der Waals surface area (Å²) in [6.45, 7) is 4.00. The molecule has 0 radical (unpaired) electrons. The van der Waals surface area contributed by atoms with Gasteiger partial charge in [-0.25, -0.2) is 8.78 Å². The number of morpholine rings is 1. The summed E-state index contributed by atoms with van der Waals surface area (Å²) in [6, 6.07) is 10.3. The van der Waals surface area contributed by atoms with E-state index in [-0.39, 0.29) is 17.0 Å². The highest BCUT2D eigenvalue weighted by molar-refractivity contribution is 6.08. The standard InChI is InChI=1S/C25H24F2N4O5/c26-19-5-3-16(23(28)36-24(29)22-2-1-10-35-22)14-18(19)25(32)30-21-15-17(4-6-20(21)27)34-13-9-31-7-11-33-12-8-31/h1-6,10,14-15,28-29H,7-9,11-13H2,(H,30,32). The predicted molar refractivity (Wildman–Crippen MR) is 127 cm³/mol. The second-order valence-electron chi connectivity index (χ2n) is 7.83. The van der Waals surface area contributed by atoms with E-state index in [4.69, 9.17) is 29.4 Å². The Morgan fingerprint density at radius 1 is 1.03 bits per heavy atom. The van der Waals surface area contributed by atoms with Gasteiger partial charge in [-0.3, -0.25) is 20.5 Å². The van der Waals surface area contributed by atoms with Crippen LogP contribution in [0.5, 0.6) is 5.75 Å². The number of benzene rings is 2. The summed E-state index contributed by atoms with van der Waals surface area (Å²) in [5.74, 6) is -2.98. The summed E-state index contributed by atoms with van der Waals surface area (Å²) in [5, 5.41) is 18.2. The van der Waals surface area contributed by atoms with Gasteiger partial charge in [0.1, 0.15) is 24.0 Å². The largest absolute Gasteiger partial charge is 0.492 e. The Morgan fingerprint density at radius 3 is 2.56 bits per heavy atom. The van der Waals surface area contributed by atoms with E-state index in [2.05, 4.69) is 10.2 Å². The lowest BCUT2D eigenvalue weighted by Crippen LogP contribution is -2.38. The minimum Gasteiger partial charge on any atom is -0.492 e. The molecule has 9 nitrogen and oxygen atoms in total. The van der Waals surface area contributed by atoms with Crippen LogP contribution in [0.1, 0.15) is 21.7 Å². The lowest BCUT2D eigenvalue weighted by atomic mass is 10.1. The molecule has 3 N–H and O–H groups in total. The van der Waals surface area contributed by atoms with Crippen molar-refractivity contribution >= 4 is 23.4 Å². The number of ether oxygens (including phenoxy) is 3. The van der Waals surface area contributed by atoms with Crippen LogP contribution in [0.25, 0.3) is 0 Å². The molecule has 11 heteroatoms. The van der Waals surface area contributed by atoms with Gasteiger partial charge in [0.2, 0.25) is 5.90 Å². The highest BCUT2D eigenvalue weighted by Gasteiger charge is 2.18. The molecule has 0 saturated carbocycles. The molecule has 2 aromatic carbocycles. The quantitative estimate of drug-likeness (QED) is 0.320. The number of hydrogen-bond acceptors (Lipinski definition) is 8. The van der Waals surface area contributed by atoms with Crippen LogP contribution in [-0.4, -0.2) is 62.1 Å². The van der Waals surface area contributed by atoms with Gasteiger partial charge in [-0.1, -0.05) is 0 Å². The van der Waals surface area contributed by atoms with Crippen LogP contribution in [0, 0.1) is 22.5 Å². The number of nitrogens with zero attached hydrogens (tertiary/aromatic N) is 1. The Hall–Kier alpha value is -4.09. The second-order valence-corrected chi connectivity index (χ2v) is 7.83. The number of carbonyl (C=O) groups excluding carboxylic acids is 1. The highest BCUT2D eigenvalue weighted by atomic mass is 19.1. The van der Waals surface area contributed by atoms with Crippen molar-refractivity contribution in [3.8, 4) is 5.75 Å². The Balaban J connectivity index is 1.40. The molecule has 1 aliphatic heterocycles. The molecule has 0 bridgehead atoms. The van der Waals surface area contributed by atoms with Gasteiger partial charge in [0.15, 0.2) is 5.76 Å². The maximum atomic E-state index is 14.4. The third kappa shape index (κ3) is 6.32. The molecule has 1 aliphatic rings. The van der Waals surface area contributed by atoms with Crippen LogP contribution in [0.3, 0.4) is 0 Å². The van der Waals surface area contributed by atoms with E-state index >= 15 is 0 Å². The molecule has 3 aromatic rings. The fourth-order valence-electron chi connectivity index (χ4n) is 3.46. The van der Waals surface area contributed by atoms with Crippen LogP contribution >= 0.6 is 0 Å². The molecule has 36 heavy (non-hydrogen) atoms. The Bertz CT molecular complexity index is 1240. The number of carbonyl (C=O) groups is 1. The molecular formula is C25H24F2N4O5. The van der Waals surface area contributed by atoms with Crippen molar-refractivity contribution in [3.05, 3.63) is 83.3 Å². The minimum atomic E-state index is -0.923. The number of halogens is 2. The topological polar surface area (TPSA) is 121 Å². The summed E-state index contributed by atoms with van der Waals surface area (Å²) in [5.41, 5.74) is -0.568. The molecule has 1 amide bonds. The van der Waals surface area contributed by atoms with Gasteiger partial charge in [0.05, 0.1) is 30.7 Å². The van der Waals surface area contributed by atoms with E-state index in [1.54, 1.807) is 6.07 Å². The highest BCUT2D eigenvalue weighted by Crippen LogP contribution is 2.23.